The lowest BCUT2D eigenvalue weighted by Gasteiger charge is -2.35. The van der Waals surface area contributed by atoms with E-state index in [-0.39, 0.29) is 42.6 Å². The minimum absolute atomic E-state index is 0.00591. The zero-order chi connectivity index (χ0) is 52.0. The normalized spacial score (nSPS) is 15.6. The van der Waals surface area contributed by atoms with Crippen LogP contribution in [0.2, 0.25) is 5.02 Å². The number of benzene rings is 4. The van der Waals surface area contributed by atoms with Crippen molar-refractivity contribution in [3.63, 3.8) is 0 Å². The number of imidazole rings is 1. The molecule has 16 nitrogen and oxygen atoms in total. The molecule has 382 valence electrons. The third-order valence-corrected chi connectivity index (χ3v) is 14.5. The molecular formula is C54H58BrClFN9O7. The Kier molecular flexibility index (Phi) is 14.5. The summed E-state index contributed by atoms with van der Waals surface area (Å²) in [7, 11) is 1.90. The van der Waals surface area contributed by atoms with Gasteiger partial charge in [0.2, 0.25) is 17.7 Å². The molecule has 73 heavy (non-hydrogen) atoms. The van der Waals surface area contributed by atoms with E-state index in [9.17, 15) is 28.4 Å². The van der Waals surface area contributed by atoms with Gasteiger partial charge in [0.05, 0.1) is 33.9 Å². The Morgan fingerprint density at radius 1 is 0.945 bits per heavy atom. The second-order valence-corrected chi connectivity index (χ2v) is 21.1. The fraction of sp³-hybridized carbons (Fsp3) is 0.389. The molecule has 4 amide bonds. The summed E-state index contributed by atoms with van der Waals surface area (Å²) in [5.41, 5.74) is 5.87. The Morgan fingerprint density at radius 3 is 2.41 bits per heavy atom. The number of aryl methyl sites for hydroxylation is 4. The number of halogens is 3. The molecule has 2 aliphatic heterocycles. The summed E-state index contributed by atoms with van der Waals surface area (Å²) in [6, 6.07) is 16.6. The first kappa shape index (κ1) is 51.3. The van der Waals surface area contributed by atoms with Gasteiger partial charge in [-0.25, -0.2) is 14.2 Å². The molecule has 1 atom stereocenters. The van der Waals surface area contributed by atoms with Crippen molar-refractivity contribution < 1.29 is 37.8 Å². The highest BCUT2D eigenvalue weighted by Crippen LogP contribution is 2.43. The number of carbonyl (C=O) groups excluding carboxylic acids is 5. The first-order valence-electron chi connectivity index (χ1n) is 24.5. The molecule has 7 aromatic rings. The fourth-order valence-corrected chi connectivity index (χ4v) is 10.8. The maximum atomic E-state index is 14.7. The molecule has 2 fully saturated rings. The van der Waals surface area contributed by atoms with E-state index in [2.05, 4.69) is 36.0 Å². The van der Waals surface area contributed by atoms with Gasteiger partial charge in [0.1, 0.15) is 46.8 Å². The van der Waals surface area contributed by atoms with E-state index in [0.29, 0.717) is 96.5 Å². The van der Waals surface area contributed by atoms with Gasteiger partial charge in [0.15, 0.2) is 0 Å². The zero-order valence-corrected chi connectivity index (χ0v) is 44.3. The highest BCUT2D eigenvalue weighted by atomic mass is 79.9. The van der Waals surface area contributed by atoms with Crippen molar-refractivity contribution in [2.45, 2.75) is 92.0 Å². The first-order valence-corrected chi connectivity index (χ1v) is 25.6. The van der Waals surface area contributed by atoms with Crippen LogP contribution < -0.4 is 15.4 Å². The van der Waals surface area contributed by atoms with Gasteiger partial charge >= 0.3 is 5.97 Å². The molecule has 9 rings (SSSR count). The number of amides is 4. The van der Waals surface area contributed by atoms with Crippen LogP contribution in [0.1, 0.15) is 83.7 Å². The number of carbonyl (C=O) groups is 5. The number of esters is 1. The van der Waals surface area contributed by atoms with Crippen molar-refractivity contribution in [3.8, 4) is 16.9 Å². The number of aromatic nitrogens is 5. The van der Waals surface area contributed by atoms with Gasteiger partial charge in [-0.05, 0) is 114 Å². The number of fused-ring (bicyclic) bond motifs is 3. The van der Waals surface area contributed by atoms with E-state index in [4.69, 9.17) is 31.2 Å². The number of hydrogen-bond donors (Lipinski definition) is 2. The van der Waals surface area contributed by atoms with Gasteiger partial charge in [0.25, 0.3) is 5.91 Å². The number of piperidine rings is 1. The van der Waals surface area contributed by atoms with Crippen LogP contribution in [0.15, 0.2) is 65.1 Å². The second-order valence-electron chi connectivity index (χ2n) is 19.8. The van der Waals surface area contributed by atoms with E-state index >= 15 is 0 Å². The molecule has 2 aliphatic rings. The Labute approximate surface area is 435 Å². The fourth-order valence-electron chi connectivity index (χ4n) is 10.1. The monoisotopic (exact) mass is 1080 g/mol. The van der Waals surface area contributed by atoms with Crippen LogP contribution in [-0.4, -0.2) is 114 Å². The minimum atomic E-state index is -0.861. The number of nitrogens with zero attached hydrogens (tertiary/aromatic N) is 7. The van der Waals surface area contributed by atoms with E-state index in [0.717, 1.165) is 49.8 Å². The number of rotatable bonds is 14. The number of hydrogen-bond acceptors (Lipinski definition) is 10. The molecule has 2 saturated heterocycles. The van der Waals surface area contributed by atoms with Crippen molar-refractivity contribution in [2.75, 3.05) is 39.3 Å². The second kappa shape index (κ2) is 20.7. The number of imide groups is 1. The van der Waals surface area contributed by atoms with E-state index < -0.39 is 29.4 Å². The molecule has 3 aromatic heterocycles. The quantitative estimate of drug-likeness (QED) is 0.0612. The van der Waals surface area contributed by atoms with E-state index in [1.807, 2.05) is 87.6 Å². The smallest absolute Gasteiger partial charge is 0.355 e. The van der Waals surface area contributed by atoms with Crippen LogP contribution >= 0.6 is 27.5 Å². The minimum Gasteiger partial charge on any atom is -0.493 e. The summed E-state index contributed by atoms with van der Waals surface area (Å²) >= 11 is 10.7. The average molecular weight is 1080 g/mol. The summed E-state index contributed by atoms with van der Waals surface area (Å²) in [5.74, 6) is -1.14. The third kappa shape index (κ3) is 10.6. The van der Waals surface area contributed by atoms with Crippen LogP contribution in [0.5, 0.6) is 5.75 Å². The van der Waals surface area contributed by atoms with Crippen molar-refractivity contribution in [3.05, 3.63) is 110 Å². The molecular weight excluding hydrogens is 1020 g/mol. The number of nitrogens with one attached hydrogen (secondary N) is 2. The molecule has 0 bridgehead atoms. The van der Waals surface area contributed by atoms with E-state index in [1.165, 1.54) is 12.1 Å². The Morgan fingerprint density at radius 2 is 1.70 bits per heavy atom. The Balaban J connectivity index is 0.961. The average Bonchev–Trinajstić information content (AvgIpc) is 3.92. The van der Waals surface area contributed by atoms with Crippen LogP contribution in [-0.2, 0) is 45.7 Å². The van der Waals surface area contributed by atoms with Gasteiger partial charge in [-0.3, -0.25) is 34.1 Å². The highest BCUT2D eigenvalue weighted by Gasteiger charge is 2.33. The molecule has 5 heterocycles. The van der Waals surface area contributed by atoms with Crippen LogP contribution in [0.3, 0.4) is 0 Å². The first-order chi connectivity index (χ1) is 34.8. The lowest BCUT2D eigenvalue weighted by Crippen LogP contribution is -2.52. The lowest BCUT2D eigenvalue weighted by molar-refractivity contribution is -0.135. The zero-order valence-electron chi connectivity index (χ0n) is 42.0. The highest BCUT2D eigenvalue weighted by molar-refractivity contribution is 9.10. The Bertz CT molecular complexity index is 3370. The largest absolute Gasteiger partial charge is 0.493 e. The van der Waals surface area contributed by atoms with Crippen molar-refractivity contribution in [2.24, 2.45) is 7.05 Å². The predicted octanol–water partition coefficient (Wildman–Crippen LogP) is 8.37. The standard InChI is InChI=1S/C54H58BrClFN9O7/c1-30-46(31(2)62(7)61-30)47-40(56)16-15-38-37(11-9-25-72-43-12-8-10-33-26-35(57)13-14-36(33)43)50(53(71)73-54(4,5)6)65(49(38)47)24-21-63-19-22-64(23-20-63)45(68)29-66-32(3)58-48-39(27-34(55)28-42(48)66)51(69)59-41-17-18-44(67)60-52(41)70/h8,10,12-16,26-28,41H,9,11,17-25,29H2,1-7H3,(H,59,69)(H,60,67,70). The molecule has 2 N–H and O–H groups in total. The number of ether oxygens (including phenoxy) is 2. The summed E-state index contributed by atoms with van der Waals surface area (Å²) in [6.07, 6.45) is 1.34. The molecule has 0 spiro atoms. The maximum Gasteiger partial charge on any atom is 0.355 e. The summed E-state index contributed by atoms with van der Waals surface area (Å²) in [4.78, 5) is 75.2. The van der Waals surface area contributed by atoms with E-state index in [1.54, 1.807) is 23.6 Å². The topological polar surface area (TPSA) is 175 Å². The van der Waals surface area contributed by atoms with Crippen LogP contribution in [0, 0.1) is 26.6 Å². The maximum absolute atomic E-state index is 14.7. The van der Waals surface area contributed by atoms with Crippen molar-refractivity contribution in [1.82, 2.24) is 44.3 Å². The van der Waals surface area contributed by atoms with Crippen molar-refractivity contribution >= 4 is 89.8 Å². The van der Waals surface area contributed by atoms with Gasteiger partial charge in [0, 0.05) is 84.8 Å². The van der Waals surface area contributed by atoms with Gasteiger partial charge in [-0.2, -0.15) is 5.10 Å². The molecule has 0 saturated carbocycles. The van der Waals surface area contributed by atoms with Gasteiger partial charge < -0.3 is 28.8 Å². The predicted molar refractivity (Wildman–Crippen MR) is 280 cm³/mol. The summed E-state index contributed by atoms with van der Waals surface area (Å²) < 4.78 is 32.9. The lowest BCUT2D eigenvalue weighted by atomic mass is 9.98. The van der Waals surface area contributed by atoms with Gasteiger partial charge in [-0.15, -0.1) is 0 Å². The molecule has 19 heteroatoms. The molecule has 4 aromatic carbocycles. The van der Waals surface area contributed by atoms with Crippen molar-refractivity contribution in [1.29, 1.82) is 0 Å². The number of piperazine rings is 1. The third-order valence-electron chi connectivity index (χ3n) is 13.7. The van der Waals surface area contributed by atoms with Crippen LogP contribution in [0.25, 0.3) is 43.8 Å². The van der Waals surface area contributed by atoms with Crippen LogP contribution in [0.4, 0.5) is 4.39 Å². The molecule has 1 unspecified atom stereocenters. The summed E-state index contributed by atoms with van der Waals surface area (Å²) in [5, 5.41) is 12.7. The molecule has 0 aliphatic carbocycles. The van der Waals surface area contributed by atoms with Gasteiger partial charge in [-0.1, -0.05) is 45.7 Å². The molecule has 0 radical (unpaired) electrons. The Hall–Kier alpha value is -6.63. The summed E-state index contributed by atoms with van der Waals surface area (Å²) in [6.45, 7) is 14.6. The SMILES string of the molecule is Cc1nn(C)c(C)c1-c1c(Cl)ccc2c(CCCOc3cccc4cc(F)ccc34)c(C(=O)OC(C)(C)C)n(CCN3CCN(C(=O)Cn4c(C)nc5c(C(=O)NC6CCC(=O)NC6=O)cc(Br)cc54)CC3)c12.